The minimum Gasteiger partial charge on any atom is -0.376 e. The summed E-state index contributed by atoms with van der Waals surface area (Å²) in [6.07, 6.45) is 1.35. The molecular formula is C20H21N7O3S. The summed E-state index contributed by atoms with van der Waals surface area (Å²) in [7, 11) is 0. The number of aromatic nitrogens is 3. The number of nitro groups is 1. The van der Waals surface area contributed by atoms with Gasteiger partial charge in [0.2, 0.25) is 5.16 Å². The Hall–Kier alpha value is -3.73. The van der Waals surface area contributed by atoms with Crippen molar-refractivity contribution < 1.29 is 9.72 Å². The molecule has 0 atom stereocenters. The van der Waals surface area contributed by atoms with Gasteiger partial charge in [0.15, 0.2) is 0 Å². The predicted molar refractivity (Wildman–Crippen MR) is 118 cm³/mol. The zero-order valence-corrected chi connectivity index (χ0v) is 18.0. The lowest BCUT2D eigenvalue weighted by Crippen LogP contribution is -2.25. The van der Waals surface area contributed by atoms with Crippen LogP contribution in [0.1, 0.15) is 22.5 Å². The summed E-state index contributed by atoms with van der Waals surface area (Å²) < 4.78 is 0. The molecular weight excluding hydrogens is 418 g/mol. The molecule has 0 radical (unpaired) electrons. The number of nitrogens with zero attached hydrogens (tertiary/aromatic N) is 4. The van der Waals surface area contributed by atoms with Crippen molar-refractivity contribution in [3.8, 4) is 0 Å². The Morgan fingerprint density at radius 2 is 2.03 bits per heavy atom. The fourth-order valence-electron chi connectivity index (χ4n) is 2.56. The van der Waals surface area contributed by atoms with Crippen LogP contribution < -0.4 is 10.7 Å². The molecule has 10 nitrogen and oxygen atoms in total. The summed E-state index contributed by atoms with van der Waals surface area (Å²) in [5.74, 6) is 0.285. The summed E-state index contributed by atoms with van der Waals surface area (Å²) in [4.78, 5) is 27.5. The minimum absolute atomic E-state index is 0.0473. The van der Waals surface area contributed by atoms with E-state index in [1.54, 1.807) is 19.1 Å². The van der Waals surface area contributed by atoms with E-state index in [-0.39, 0.29) is 18.1 Å². The fourth-order valence-corrected chi connectivity index (χ4v) is 3.41. The highest BCUT2D eigenvalue weighted by Gasteiger charge is 2.17. The Bertz CT molecular complexity index is 1140. The van der Waals surface area contributed by atoms with Crippen molar-refractivity contribution in [1.29, 1.82) is 0 Å². The van der Waals surface area contributed by atoms with Crippen LogP contribution in [-0.4, -0.2) is 38.8 Å². The maximum Gasteiger partial charge on any atom is 0.283 e. The number of anilines is 1. The molecule has 0 spiro atoms. The van der Waals surface area contributed by atoms with Gasteiger partial charge in [-0.05, 0) is 61.9 Å². The zero-order chi connectivity index (χ0) is 22.4. The third-order valence-corrected chi connectivity index (χ3v) is 5.25. The van der Waals surface area contributed by atoms with Crippen molar-refractivity contribution in [3.05, 3.63) is 69.0 Å². The van der Waals surface area contributed by atoms with Crippen molar-refractivity contribution in [2.45, 2.75) is 30.8 Å². The Morgan fingerprint density at radius 3 is 2.71 bits per heavy atom. The van der Waals surface area contributed by atoms with Gasteiger partial charge in [-0.1, -0.05) is 12.1 Å². The second-order valence-corrected chi connectivity index (χ2v) is 7.74. The Labute approximate surface area is 182 Å². The molecule has 3 aromatic rings. The first-order valence-corrected chi connectivity index (χ1v) is 10.1. The predicted octanol–water partition coefficient (Wildman–Crippen LogP) is 3.35. The number of nitrogens with one attached hydrogen (secondary N) is 3. The first-order valence-electron chi connectivity index (χ1n) is 9.30. The molecule has 1 aromatic heterocycles. The average molecular weight is 440 g/mol. The van der Waals surface area contributed by atoms with Crippen LogP contribution in [0.3, 0.4) is 0 Å². The van der Waals surface area contributed by atoms with Gasteiger partial charge in [0.05, 0.1) is 22.6 Å². The number of amides is 1. The van der Waals surface area contributed by atoms with Crippen LogP contribution in [0.25, 0.3) is 0 Å². The number of rotatable bonds is 8. The van der Waals surface area contributed by atoms with Gasteiger partial charge >= 0.3 is 0 Å². The number of benzene rings is 2. The molecule has 0 aliphatic carbocycles. The number of hydrogen-bond acceptors (Lipinski definition) is 8. The average Bonchev–Trinajstić information content (AvgIpc) is 3.14. The maximum absolute atomic E-state index is 12.0. The molecule has 31 heavy (non-hydrogen) atoms. The first kappa shape index (κ1) is 22.0. The van der Waals surface area contributed by atoms with Crippen LogP contribution in [0.15, 0.2) is 51.6 Å². The normalized spacial score (nSPS) is 10.9. The highest BCUT2D eigenvalue weighted by atomic mass is 32.2. The molecule has 0 aliphatic heterocycles. The van der Waals surface area contributed by atoms with Crippen molar-refractivity contribution in [3.63, 3.8) is 0 Å². The lowest BCUT2D eigenvalue weighted by molar-refractivity contribution is -0.387. The number of aryl methyl sites for hydroxylation is 3. The molecule has 0 saturated carbocycles. The van der Waals surface area contributed by atoms with E-state index in [0.717, 1.165) is 23.0 Å². The van der Waals surface area contributed by atoms with Gasteiger partial charge in [0.1, 0.15) is 5.82 Å². The number of hydrazone groups is 1. The van der Waals surface area contributed by atoms with Crippen LogP contribution in [0.4, 0.5) is 11.4 Å². The van der Waals surface area contributed by atoms with Gasteiger partial charge in [-0.25, -0.2) is 10.4 Å². The van der Waals surface area contributed by atoms with E-state index in [1.807, 2.05) is 32.0 Å². The molecule has 160 valence electrons. The number of carbonyl (C=O) groups excluding carboxylic acids is 1. The highest BCUT2D eigenvalue weighted by Crippen LogP contribution is 2.33. The monoisotopic (exact) mass is 439 g/mol. The van der Waals surface area contributed by atoms with Crippen molar-refractivity contribution in [1.82, 2.24) is 20.6 Å². The second-order valence-electron chi connectivity index (χ2n) is 6.74. The SMILES string of the molecule is Cc1nc(Sc2ccc(/C=N\NC(=O)CNc3ccc(C)c(C)c3)cc2[N+](=O)[O-])n[nH]1. The Balaban J connectivity index is 1.59. The van der Waals surface area contributed by atoms with E-state index < -0.39 is 4.92 Å². The van der Waals surface area contributed by atoms with Crippen molar-refractivity contribution in [2.75, 3.05) is 11.9 Å². The van der Waals surface area contributed by atoms with Crippen LogP contribution >= 0.6 is 11.8 Å². The molecule has 3 rings (SSSR count). The van der Waals surface area contributed by atoms with Crippen LogP contribution in [0.5, 0.6) is 0 Å². The standard InChI is InChI=1S/C20H21N7O3S/c1-12-4-6-16(8-13(12)2)21-11-19(28)25-22-10-15-5-7-18(17(9-15)27(29)30)31-20-23-14(3)24-26-20/h4-10,21H,11H2,1-3H3,(H,25,28)(H,23,24,26)/b22-10-. The van der Waals surface area contributed by atoms with Gasteiger partial charge in [0.25, 0.3) is 11.6 Å². The second kappa shape index (κ2) is 9.85. The fraction of sp³-hybridized carbons (Fsp3) is 0.200. The van der Waals surface area contributed by atoms with E-state index in [1.165, 1.54) is 17.8 Å². The molecule has 0 unspecified atom stereocenters. The van der Waals surface area contributed by atoms with Gasteiger partial charge in [-0.3, -0.25) is 20.0 Å². The van der Waals surface area contributed by atoms with E-state index in [0.29, 0.717) is 21.4 Å². The molecule has 3 N–H and O–H groups in total. The number of nitro benzene ring substituents is 1. The highest BCUT2D eigenvalue weighted by molar-refractivity contribution is 7.99. The maximum atomic E-state index is 12.0. The quantitative estimate of drug-likeness (QED) is 0.278. The van der Waals surface area contributed by atoms with E-state index in [9.17, 15) is 14.9 Å². The van der Waals surface area contributed by atoms with Gasteiger partial charge in [0, 0.05) is 17.3 Å². The summed E-state index contributed by atoms with van der Waals surface area (Å²) in [5, 5.41) is 25.4. The number of H-pyrrole nitrogens is 1. The van der Waals surface area contributed by atoms with Crippen LogP contribution in [-0.2, 0) is 4.79 Å². The minimum atomic E-state index is -0.481. The van der Waals surface area contributed by atoms with Gasteiger partial charge in [-0.15, -0.1) is 5.10 Å². The topological polar surface area (TPSA) is 138 Å². The van der Waals surface area contributed by atoms with E-state index >= 15 is 0 Å². The summed E-state index contributed by atoms with van der Waals surface area (Å²) >= 11 is 1.09. The molecule has 1 heterocycles. The molecule has 11 heteroatoms. The summed E-state index contributed by atoms with van der Waals surface area (Å²) in [6.45, 7) is 5.81. The largest absolute Gasteiger partial charge is 0.376 e. The third-order valence-electron chi connectivity index (χ3n) is 4.32. The molecule has 0 aliphatic rings. The number of hydrogen-bond donors (Lipinski definition) is 3. The Morgan fingerprint density at radius 1 is 1.23 bits per heavy atom. The summed E-state index contributed by atoms with van der Waals surface area (Å²) in [6, 6.07) is 10.5. The summed E-state index contributed by atoms with van der Waals surface area (Å²) in [5.41, 5.74) is 5.93. The van der Waals surface area contributed by atoms with E-state index in [4.69, 9.17) is 0 Å². The van der Waals surface area contributed by atoms with E-state index in [2.05, 4.69) is 31.0 Å². The van der Waals surface area contributed by atoms with Crippen LogP contribution in [0, 0.1) is 30.9 Å². The number of carbonyl (C=O) groups is 1. The molecule has 0 saturated heterocycles. The molecule has 2 aromatic carbocycles. The molecule has 1 amide bonds. The van der Waals surface area contributed by atoms with Crippen molar-refractivity contribution in [2.24, 2.45) is 5.10 Å². The lowest BCUT2D eigenvalue weighted by atomic mass is 10.1. The first-order chi connectivity index (χ1) is 14.8. The van der Waals surface area contributed by atoms with Crippen molar-refractivity contribution >= 4 is 35.3 Å². The zero-order valence-electron chi connectivity index (χ0n) is 17.2. The van der Waals surface area contributed by atoms with Gasteiger partial charge in [-0.2, -0.15) is 5.10 Å². The molecule has 0 fully saturated rings. The Kier molecular flexibility index (Phi) is 6.98. The third kappa shape index (κ3) is 6.12. The number of aromatic amines is 1. The smallest absolute Gasteiger partial charge is 0.283 e. The lowest BCUT2D eigenvalue weighted by Gasteiger charge is -2.07. The van der Waals surface area contributed by atoms with Crippen LogP contribution in [0.2, 0.25) is 0 Å². The molecule has 0 bridgehead atoms. The van der Waals surface area contributed by atoms with Gasteiger partial charge < -0.3 is 5.32 Å².